The second kappa shape index (κ2) is 5.09. The number of carboxylic acid groups (broad SMARTS) is 2. The summed E-state index contributed by atoms with van der Waals surface area (Å²) in [5.41, 5.74) is 0.759. The van der Waals surface area contributed by atoms with Gasteiger partial charge in [-0.2, -0.15) is 0 Å². The lowest BCUT2D eigenvalue weighted by Gasteiger charge is -2.03. The average Bonchev–Trinajstić information content (AvgIpc) is 3.13. The zero-order chi connectivity index (χ0) is 14.0. The van der Waals surface area contributed by atoms with E-state index in [1.165, 1.54) is 0 Å². The molecule has 1 aliphatic rings. The molecule has 1 fully saturated rings. The van der Waals surface area contributed by atoms with Gasteiger partial charge in [-0.1, -0.05) is 30.3 Å². The highest BCUT2D eigenvalue weighted by Gasteiger charge is 2.64. The van der Waals surface area contributed by atoms with Crippen molar-refractivity contribution >= 4 is 17.9 Å². The minimum absolute atomic E-state index is 0.00878. The van der Waals surface area contributed by atoms with E-state index in [1.54, 1.807) is 24.3 Å². The maximum absolute atomic E-state index is 11.7. The van der Waals surface area contributed by atoms with Crippen molar-refractivity contribution in [3.05, 3.63) is 35.9 Å². The molecule has 0 radical (unpaired) electrons. The average molecular weight is 264 g/mol. The van der Waals surface area contributed by atoms with Crippen molar-refractivity contribution in [1.82, 2.24) is 0 Å². The highest BCUT2D eigenvalue weighted by atomic mass is 16.5. The molecular formula is C13H12O6. The van der Waals surface area contributed by atoms with Crippen molar-refractivity contribution in [1.29, 1.82) is 0 Å². The summed E-state index contributed by atoms with van der Waals surface area (Å²) in [6, 6.07) is 8.88. The van der Waals surface area contributed by atoms with Gasteiger partial charge in [0.15, 0.2) is 0 Å². The van der Waals surface area contributed by atoms with E-state index in [-0.39, 0.29) is 6.61 Å². The second-order valence-electron chi connectivity index (χ2n) is 4.35. The fraction of sp³-hybridized carbons (Fsp3) is 0.308. The third kappa shape index (κ3) is 2.73. The van der Waals surface area contributed by atoms with E-state index in [0.717, 1.165) is 5.56 Å². The maximum Gasteiger partial charge on any atom is 0.311 e. The number of carboxylic acids is 2. The summed E-state index contributed by atoms with van der Waals surface area (Å²) in [5, 5.41) is 17.6. The zero-order valence-electron chi connectivity index (χ0n) is 9.85. The normalized spacial score (nSPS) is 24.5. The summed E-state index contributed by atoms with van der Waals surface area (Å²) in [7, 11) is 0. The van der Waals surface area contributed by atoms with Gasteiger partial charge in [0.25, 0.3) is 0 Å². The SMILES string of the molecule is O=C(OCc1ccccc1)C1[C@H](C(=O)O)[C@H]1C(=O)O. The molecule has 2 rings (SSSR count). The fourth-order valence-corrected chi connectivity index (χ4v) is 2.04. The third-order valence-corrected chi connectivity index (χ3v) is 3.09. The third-order valence-electron chi connectivity index (χ3n) is 3.09. The number of rotatable bonds is 5. The van der Waals surface area contributed by atoms with Gasteiger partial charge in [-0.3, -0.25) is 14.4 Å². The van der Waals surface area contributed by atoms with E-state index in [1.807, 2.05) is 6.07 Å². The van der Waals surface area contributed by atoms with Gasteiger partial charge >= 0.3 is 17.9 Å². The molecule has 19 heavy (non-hydrogen) atoms. The second-order valence-corrected chi connectivity index (χ2v) is 4.35. The van der Waals surface area contributed by atoms with Gasteiger partial charge in [-0.15, -0.1) is 0 Å². The summed E-state index contributed by atoms with van der Waals surface area (Å²) < 4.78 is 4.95. The number of hydrogen-bond acceptors (Lipinski definition) is 4. The number of esters is 1. The quantitative estimate of drug-likeness (QED) is 0.761. The van der Waals surface area contributed by atoms with E-state index in [0.29, 0.717) is 0 Å². The molecule has 1 aromatic carbocycles. The Labute approximate surface area is 108 Å². The molecule has 0 unspecified atom stereocenters. The highest BCUT2D eigenvalue weighted by Crippen LogP contribution is 2.47. The molecule has 100 valence electrons. The number of hydrogen-bond donors (Lipinski definition) is 2. The summed E-state index contributed by atoms with van der Waals surface area (Å²) in [6.07, 6.45) is 0. The zero-order valence-corrected chi connectivity index (χ0v) is 9.85. The Morgan fingerprint density at radius 3 is 1.95 bits per heavy atom. The molecular weight excluding hydrogens is 252 g/mol. The standard InChI is InChI=1S/C13H12O6/c14-11(15)8-9(12(16)17)10(8)13(18)19-6-7-4-2-1-3-5-7/h1-5,8-10H,6H2,(H,14,15)(H,16,17)/t8-,9-/m1/s1. The molecule has 2 N–H and O–H groups in total. The van der Waals surface area contributed by atoms with Crippen molar-refractivity contribution in [2.24, 2.45) is 17.8 Å². The molecule has 0 aliphatic heterocycles. The van der Waals surface area contributed by atoms with Gasteiger partial charge in [-0.25, -0.2) is 0 Å². The van der Waals surface area contributed by atoms with Gasteiger partial charge in [0, 0.05) is 0 Å². The Morgan fingerprint density at radius 2 is 1.47 bits per heavy atom. The summed E-state index contributed by atoms with van der Waals surface area (Å²) in [6.45, 7) is 0.00878. The Hall–Kier alpha value is -2.37. The maximum atomic E-state index is 11.7. The lowest BCUT2D eigenvalue weighted by Crippen LogP contribution is -2.12. The molecule has 6 heteroatoms. The van der Waals surface area contributed by atoms with Crippen molar-refractivity contribution in [3.8, 4) is 0 Å². The summed E-state index contributed by atoms with van der Waals surface area (Å²) in [5.74, 6) is -6.79. The van der Waals surface area contributed by atoms with E-state index in [9.17, 15) is 14.4 Å². The van der Waals surface area contributed by atoms with Crippen LogP contribution >= 0.6 is 0 Å². The van der Waals surface area contributed by atoms with Crippen molar-refractivity contribution < 1.29 is 29.3 Å². The van der Waals surface area contributed by atoms with Crippen LogP contribution < -0.4 is 0 Å². The van der Waals surface area contributed by atoms with Gasteiger partial charge in [0.05, 0.1) is 17.8 Å². The first kappa shape index (κ1) is 13.1. The largest absolute Gasteiger partial charge is 0.481 e. The lowest BCUT2D eigenvalue weighted by atomic mass is 10.2. The van der Waals surface area contributed by atoms with Crippen LogP contribution in [0.15, 0.2) is 30.3 Å². The van der Waals surface area contributed by atoms with Gasteiger partial charge in [-0.05, 0) is 5.56 Å². The first-order valence-electron chi connectivity index (χ1n) is 5.68. The first-order valence-corrected chi connectivity index (χ1v) is 5.68. The van der Waals surface area contributed by atoms with Crippen LogP contribution in [0.1, 0.15) is 5.56 Å². The van der Waals surface area contributed by atoms with E-state index >= 15 is 0 Å². The van der Waals surface area contributed by atoms with E-state index in [2.05, 4.69) is 0 Å². The fourth-order valence-electron chi connectivity index (χ4n) is 2.04. The van der Waals surface area contributed by atoms with Crippen LogP contribution in [0.2, 0.25) is 0 Å². The molecule has 1 saturated carbocycles. The summed E-state index contributed by atoms with van der Waals surface area (Å²) >= 11 is 0. The van der Waals surface area contributed by atoms with E-state index in [4.69, 9.17) is 14.9 Å². The smallest absolute Gasteiger partial charge is 0.311 e. The summed E-state index contributed by atoms with van der Waals surface area (Å²) in [4.78, 5) is 33.2. The molecule has 0 heterocycles. The van der Waals surface area contributed by atoms with Gasteiger partial charge in [0.1, 0.15) is 6.61 Å². The molecule has 6 nitrogen and oxygen atoms in total. The molecule has 0 saturated heterocycles. The van der Waals surface area contributed by atoms with Crippen molar-refractivity contribution in [2.45, 2.75) is 6.61 Å². The van der Waals surface area contributed by atoms with Crippen LogP contribution in [0.3, 0.4) is 0 Å². The van der Waals surface area contributed by atoms with Gasteiger partial charge < -0.3 is 14.9 Å². The molecule has 0 bridgehead atoms. The van der Waals surface area contributed by atoms with Crippen LogP contribution in [0.5, 0.6) is 0 Å². The minimum atomic E-state index is -1.28. The Balaban J connectivity index is 1.94. The number of ether oxygens (including phenoxy) is 1. The van der Waals surface area contributed by atoms with Crippen LogP contribution in [0.25, 0.3) is 0 Å². The molecule has 1 aliphatic carbocycles. The van der Waals surface area contributed by atoms with Crippen LogP contribution in [-0.2, 0) is 25.7 Å². The van der Waals surface area contributed by atoms with Gasteiger partial charge in [0.2, 0.25) is 0 Å². The Morgan fingerprint density at radius 1 is 0.947 bits per heavy atom. The molecule has 0 spiro atoms. The number of benzene rings is 1. The highest BCUT2D eigenvalue weighted by molar-refractivity contribution is 5.96. The minimum Gasteiger partial charge on any atom is -0.481 e. The number of aliphatic carboxylic acids is 2. The molecule has 0 amide bonds. The lowest BCUT2D eigenvalue weighted by molar-refractivity contribution is -0.150. The first-order chi connectivity index (χ1) is 9.02. The van der Waals surface area contributed by atoms with E-state index < -0.39 is 35.7 Å². The van der Waals surface area contributed by atoms with Crippen molar-refractivity contribution in [3.63, 3.8) is 0 Å². The molecule has 0 aromatic heterocycles. The predicted molar refractivity (Wildman–Crippen MR) is 62.0 cm³/mol. The van der Waals surface area contributed by atoms with Crippen molar-refractivity contribution in [2.75, 3.05) is 0 Å². The Bertz CT molecular complexity index is 489. The van der Waals surface area contributed by atoms with Crippen LogP contribution in [0, 0.1) is 17.8 Å². The topological polar surface area (TPSA) is 101 Å². The molecule has 2 atom stereocenters. The number of carbonyl (C=O) groups is 3. The van der Waals surface area contributed by atoms with Crippen LogP contribution in [0.4, 0.5) is 0 Å². The predicted octanol–water partition coefficient (Wildman–Crippen LogP) is 0.761. The molecule has 1 aromatic rings. The van der Waals surface area contributed by atoms with Crippen LogP contribution in [-0.4, -0.2) is 28.1 Å². The number of carbonyl (C=O) groups excluding carboxylic acids is 1. The monoisotopic (exact) mass is 264 g/mol. The Kier molecular flexibility index (Phi) is 3.50.